The number of aliphatic carboxylic acids is 1. The molecule has 2 rings (SSSR count). The van der Waals surface area contributed by atoms with Crippen molar-refractivity contribution in [1.29, 1.82) is 0 Å². The van der Waals surface area contributed by atoms with Crippen LogP contribution in [-0.2, 0) is 11.3 Å². The molecule has 0 amide bonds. The van der Waals surface area contributed by atoms with Crippen LogP contribution in [0.5, 0.6) is 0 Å². The lowest BCUT2D eigenvalue weighted by Gasteiger charge is -2.26. The lowest BCUT2D eigenvalue weighted by atomic mass is 10.1. The fraction of sp³-hybridized carbons (Fsp3) is 0.235. The summed E-state index contributed by atoms with van der Waals surface area (Å²) in [4.78, 5) is 13.2. The Labute approximate surface area is 129 Å². The Morgan fingerprint density at radius 1 is 1.14 bits per heavy atom. The van der Waals surface area contributed by atoms with Gasteiger partial charge in [0.15, 0.2) is 0 Å². The molecule has 0 bridgehead atoms. The summed E-state index contributed by atoms with van der Waals surface area (Å²) >= 11 is 5.90. The molecule has 0 saturated heterocycles. The molecule has 0 aliphatic carbocycles. The van der Waals surface area contributed by atoms with E-state index in [1.165, 1.54) is 0 Å². The fourth-order valence-electron chi connectivity index (χ4n) is 2.12. The predicted molar refractivity (Wildman–Crippen MR) is 85.7 cm³/mol. The third-order valence-electron chi connectivity index (χ3n) is 3.32. The molecule has 21 heavy (non-hydrogen) atoms. The molecule has 0 heterocycles. The van der Waals surface area contributed by atoms with Gasteiger partial charge in [-0.15, -0.1) is 0 Å². The Bertz CT molecular complexity index is 583. The fourth-order valence-corrected chi connectivity index (χ4v) is 2.24. The molecule has 2 aromatic carbocycles. The highest BCUT2D eigenvalue weighted by atomic mass is 35.5. The smallest absolute Gasteiger partial charge is 0.308 e. The van der Waals surface area contributed by atoms with Crippen molar-refractivity contribution in [3.05, 3.63) is 65.2 Å². The second kappa shape index (κ2) is 7.14. The minimum Gasteiger partial charge on any atom is -0.481 e. The summed E-state index contributed by atoms with van der Waals surface area (Å²) in [5.41, 5.74) is 2.11. The summed E-state index contributed by atoms with van der Waals surface area (Å²) in [5, 5.41) is 9.83. The first-order valence-corrected chi connectivity index (χ1v) is 7.21. The molecule has 0 aliphatic heterocycles. The molecule has 3 nitrogen and oxygen atoms in total. The van der Waals surface area contributed by atoms with Crippen LogP contribution in [0.15, 0.2) is 54.6 Å². The first-order chi connectivity index (χ1) is 10.1. The van der Waals surface area contributed by atoms with Crippen molar-refractivity contribution < 1.29 is 9.90 Å². The molecule has 2 aromatic rings. The van der Waals surface area contributed by atoms with E-state index in [1.807, 2.05) is 54.6 Å². The van der Waals surface area contributed by atoms with Crippen LogP contribution >= 0.6 is 11.6 Å². The summed E-state index contributed by atoms with van der Waals surface area (Å²) in [6.07, 6.45) is 0. The zero-order chi connectivity index (χ0) is 15.2. The summed E-state index contributed by atoms with van der Waals surface area (Å²) in [5.74, 6) is -1.22. The Kier molecular flexibility index (Phi) is 5.23. The van der Waals surface area contributed by atoms with Gasteiger partial charge < -0.3 is 10.0 Å². The highest BCUT2D eigenvalue weighted by Gasteiger charge is 2.16. The number of carboxylic acid groups (broad SMARTS) is 1. The van der Waals surface area contributed by atoms with Gasteiger partial charge in [0.05, 0.1) is 5.92 Å². The van der Waals surface area contributed by atoms with Gasteiger partial charge in [-0.3, -0.25) is 4.79 Å². The quantitative estimate of drug-likeness (QED) is 0.874. The molecule has 0 fully saturated rings. The Morgan fingerprint density at radius 2 is 1.76 bits per heavy atom. The van der Waals surface area contributed by atoms with Gasteiger partial charge in [-0.1, -0.05) is 48.9 Å². The molecule has 1 N–H and O–H groups in total. The maximum Gasteiger partial charge on any atom is 0.308 e. The number of rotatable bonds is 6. The van der Waals surface area contributed by atoms with E-state index in [-0.39, 0.29) is 0 Å². The second-order valence-corrected chi connectivity index (χ2v) is 5.52. The molecular formula is C17H18ClNO2. The van der Waals surface area contributed by atoms with E-state index < -0.39 is 11.9 Å². The van der Waals surface area contributed by atoms with E-state index in [1.54, 1.807) is 6.92 Å². The summed E-state index contributed by atoms with van der Waals surface area (Å²) in [6.45, 7) is 2.83. The molecule has 0 spiro atoms. The van der Waals surface area contributed by atoms with E-state index in [2.05, 4.69) is 4.90 Å². The Hall–Kier alpha value is -2.00. The van der Waals surface area contributed by atoms with Crippen LogP contribution < -0.4 is 4.90 Å². The average Bonchev–Trinajstić information content (AvgIpc) is 2.49. The van der Waals surface area contributed by atoms with Crippen LogP contribution in [0.3, 0.4) is 0 Å². The lowest BCUT2D eigenvalue weighted by Crippen LogP contribution is -2.31. The highest BCUT2D eigenvalue weighted by Crippen LogP contribution is 2.19. The standard InChI is InChI=1S/C17H18ClNO2/c1-13(17(20)21)11-19(16-5-3-2-4-6-16)12-14-7-9-15(18)10-8-14/h2-10,13H,11-12H2,1H3,(H,20,21). The van der Waals surface area contributed by atoms with Gasteiger partial charge in [0.25, 0.3) is 0 Å². The van der Waals surface area contributed by atoms with Gasteiger partial charge in [-0.05, 0) is 29.8 Å². The van der Waals surface area contributed by atoms with Gasteiger partial charge >= 0.3 is 5.97 Å². The predicted octanol–water partition coefficient (Wildman–Crippen LogP) is 4.07. The molecular weight excluding hydrogens is 286 g/mol. The monoisotopic (exact) mass is 303 g/mol. The van der Waals surface area contributed by atoms with Crippen LogP contribution in [-0.4, -0.2) is 17.6 Å². The number of nitrogens with zero attached hydrogens (tertiary/aromatic N) is 1. The summed E-state index contributed by atoms with van der Waals surface area (Å²) in [6, 6.07) is 17.5. The lowest BCUT2D eigenvalue weighted by molar-refractivity contribution is -0.140. The van der Waals surface area contributed by atoms with Gasteiger partial charge in [0.1, 0.15) is 0 Å². The highest BCUT2D eigenvalue weighted by molar-refractivity contribution is 6.30. The molecule has 110 valence electrons. The Balaban J connectivity index is 2.19. The van der Waals surface area contributed by atoms with E-state index in [4.69, 9.17) is 16.7 Å². The van der Waals surface area contributed by atoms with Gasteiger partial charge in [-0.2, -0.15) is 0 Å². The minimum absolute atomic E-state index is 0.433. The number of para-hydroxylation sites is 1. The van der Waals surface area contributed by atoms with Crippen LogP contribution in [0.4, 0.5) is 5.69 Å². The van der Waals surface area contributed by atoms with Crippen molar-refractivity contribution in [2.45, 2.75) is 13.5 Å². The zero-order valence-corrected chi connectivity index (χ0v) is 12.6. The first kappa shape index (κ1) is 15.4. The average molecular weight is 304 g/mol. The van der Waals surface area contributed by atoms with Crippen LogP contribution in [0.1, 0.15) is 12.5 Å². The molecule has 0 radical (unpaired) electrons. The molecule has 4 heteroatoms. The van der Waals surface area contributed by atoms with E-state index in [0.717, 1.165) is 11.3 Å². The minimum atomic E-state index is -0.785. The summed E-state index contributed by atoms with van der Waals surface area (Å²) < 4.78 is 0. The number of carbonyl (C=O) groups is 1. The van der Waals surface area contributed by atoms with Gasteiger partial charge in [-0.25, -0.2) is 0 Å². The number of halogens is 1. The van der Waals surface area contributed by atoms with Crippen molar-refractivity contribution in [2.75, 3.05) is 11.4 Å². The number of benzene rings is 2. The SMILES string of the molecule is CC(CN(Cc1ccc(Cl)cc1)c1ccccc1)C(=O)O. The molecule has 0 saturated carbocycles. The third-order valence-corrected chi connectivity index (χ3v) is 3.58. The topological polar surface area (TPSA) is 40.5 Å². The molecule has 0 aliphatic rings. The molecule has 1 atom stereocenters. The maximum atomic E-state index is 11.1. The van der Waals surface area contributed by atoms with E-state index in [9.17, 15) is 4.79 Å². The first-order valence-electron chi connectivity index (χ1n) is 6.83. The van der Waals surface area contributed by atoms with Crippen molar-refractivity contribution in [1.82, 2.24) is 0 Å². The zero-order valence-electron chi connectivity index (χ0n) is 11.9. The summed E-state index contributed by atoms with van der Waals surface area (Å²) in [7, 11) is 0. The van der Waals surface area contributed by atoms with E-state index in [0.29, 0.717) is 18.1 Å². The van der Waals surface area contributed by atoms with Crippen LogP contribution in [0.2, 0.25) is 5.02 Å². The van der Waals surface area contributed by atoms with Gasteiger partial charge in [0.2, 0.25) is 0 Å². The van der Waals surface area contributed by atoms with Crippen molar-refractivity contribution in [2.24, 2.45) is 5.92 Å². The normalized spacial score (nSPS) is 11.9. The van der Waals surface area contributed by atoms with Crippen molar-refractivity contribution in [3.63, 3.8) is 0 Å². The number of anilines is 1. The van der Waals surface area contributed by atoms with Crippen molar-refractivity contribution >= 4 is 23.3 Å². The van der Waals surface area contributed by atoms with Crippen LogP contribution in [0, 0.1) is 5.92 Å². The number of carboxylic acids is 1. The second-order valence-electron chi connectivity index (χ2n) is 5.08. The maximum absolute atomic E-state index is 11.1. The number of hydrogen-bond acceptors (Lipinski definition) is 2. The van der Waals surface area contributed by atoms with Crippen molar-refractivity contribution in [3.8, 4) is 0 Å². The van der Waals surface area contributed by atoms with Crippen LogP contribution in [0.25, 0.3) is 0 Å². The number of hydrogen-bond donors (Lipinski definition) is 1. The molecule has 1 unspecified atom stereocenters. The molecule has 0 aromatic heterocycles. The Morgan fingerprint density at radius 3 is 2.33 bits per heavy atom. The third kappa shape index (κ3) is 4.50. The largest absolute Gasteiger partial charge is 0.481 e. The van der Waals surface area contributed by atoms with E-state index >= 15 is 0 Å². The van der Waals surface area contributed by atoms with Gasteiger partial charge in [0, 0.05) is 23.8 Å².